The van der Waals surface area contributed by atoms with Crippen LogP contribution in [0.3, 0.4) is 0 Å². The Morgan fingerprint density at radius 1 is 1.33 bits per heavy atom. The molecular weight excluding hydrogens is 384 g/mol. The van der Waals surface area contributed by atoms with E-state index in [1.165, 1.54) is 0 Å². The average molecular weight is 423 g/mol. The third-order valence-corrected chi connectivity index (χ3v) is 3.71. The topological polar surface area (TPSA) is 131 Å². The molecule has 1 unspecified atom stereocenters. The maximum absolute atomic E-state index is 11.6. The van der Waals surface area contributed by atoms with Crippen molar-refractivity contribution in [2.45, 2.75) is 46.3 Å². The first-order valence-corrected chi connectivity index (χ1v) is 9.58. The summed E-state index contributed by atoms with van der Waals surface area (Å²) in [5.74, 6) is 10.7. The number of hydrogen-bond acceptors (Lipinski definition) is 6. The highest BCUT2D eigenvalue weighted by Gasteiger charge is 2.27. The number of amides is 2. The van der Waals surface area contributed by atoms with Crippen LogP contribution in [0.4, 0.5) is 0 Å². The summed E-state index contributed by atoms with van der Waals surface area (Å²) in [5, 5.41) is 11.8. The molecule has 1 atom stereocenters. The van der Waals surface area contributed by atoms with E-state index in [0.29, 0.717) is 25.9 Å². The molecule has 8 heteroatoms. The highest BCUT2D eigenvalue weighted by atomic mass is 16.4. The number of β-amino-alcohol motifs (C(OH)–C–C–N with tert-alkyl or cyclic N) is 1. The minimum Gasteiger partial charge on any atom is -0.391 e. The largest absolute Gasteiger partial charge is 0.391 e. The molecule has 1 heterocycles. The van der Waals surface area contributed by atoms with Crippen molar-refractivity contribution in [3.63, 3.8) is 0 Å². The third-order valence-electron chi connectivity index (χ3n) is 3.71. The molecule has 0 saturated carbocycles. The van der Waals surface area contributed by atoms with E-state index in [2.05, 4.69) is 48.4 Å². The van der Waals surface area contributed by atoms with Gasteiger partial charge in [-0.2, -0.15) is 0 Å². The fraction of sp³-hybridized carbons (Fsp3) is 0.545. The fourth-order valence-electron chi connectivity index (χ4n) is 2.41. The van der Waals surface area contributed by atoms with Gasteiger partial charge in [0.2, 0.25) is 12.3 Å². The van der Waals surface area contributed by atoms with E-state index < -0.39 is 0 Å². The number of likely N-dealkylation sites (tertiary alicyclic amines) is 1. The van der Waals surface area contributed by atoms with Gasteiger partial charge in [-0.05, 0) is 29.5 Å². The smallest absolute Gasteiger partial charge is 0.223 e. The van der Waals surface area contributed by atoms with Gasteiger partial charge in [0, 0.05) is 45.8 Å². The maximum atomic E-state index is 11.6. The predicted octanol–water partition coefficient (Wildman–Crippen LogP) is 1.01. The van der Waals surface area contributed by atoms with Crippen molar-refractivity contribution in [2.75, 3.05) is 27.3 Å². The van der Waals surface area contributed by atoms with Gasteiger partial charge in [-0.1, -0.05) is 38.8 Å². The number of ether oxygens (including phenoxy) is 1. The quantitative estimate of drug-likeness (QED) is 0.248. The number of nitrogens with one attached hydrogen (secondary N) is 1. The maximum Gasteiger partial charge on any atom is 0.223 e. The Morgan fingerprint density at radius 2 is 1.87 bits per heavy atom. The van der Waals surface area contributed by atoms with Gasteiger partial charge < -0.3 is 20.1 Å². The lowest BCUT2D eigenvalue weighted by Crippen LogP contribution is -2.32. The molecule has 0 radical (unpaired) electrons. The van der Waals surface area contributed by atoms with Crippen molar-refractivity contribution in [2.24, 2.45) is 17.1 Å². The minimum absolute atomic E-state index is 0.0463. The second kappa shape index (κ2) is 17.4. The molecular formula is C22H38N4O4. The average Bonchev–Trinajstić information content (AvgIpc) is 3.15. The van der Waals surface area contributed by atoms with E-state index >= 15 is 0 Å². The van der Waals surface area contributed by atoms with Crippen molar-refractivity contribution >= 4 is 12.3 Å². The van der Waals surface area contributed by atoms with E-state index in [9.17, 15) is 14.7 Å². The molecule has 2 rings (SSSR count). The van der Waals surface area contributed by atoms with Gasteiger partial charge in [-0.25, -0.2) is 0 Å². The lowest BCUT2D eigenvalue weighted by atomic mass is 9.92. The van der Waals surface area contributed by atoms with Crippen LogP contribution in [0.15, 0.2) is 24.3 Å². The molecule has 1 aromatic carbocycles. The molecule has 1 fully saturated rings. The third kappa shape index (κ3) is 15.5. The van der Waals surface area contributed by atoms with Crippen LogP contribution in [0.25, 0.3) is 0 Å². The zero-order valence-electron chi connectivity index (χ0n) is 18.9. The Labute approximate surface area is 180 Å². The van der Waals surface area contributed by atoms with Crippen molar-refractivity contribution < 1.29 is 19.4 Å². The summed E-state index contributed by atoms with van der Waals surface area (Å²) in [6, 6.07) is 7.49. The van der Waals surface area contributed by atoms with E-state index in [1.54, 1.807) is 19.1 Å². The second-order valence-corrected chi connectivity index (χ2v) is 7.77. The molecule has 1 saturated heterocycles. The number of methoxy groups -OCH3 is 1. The zero-order chi connectivity index (χ0) is 23.6. The normalized spacial score (nSPS) is 14.5. The number of carbonyl (C=O) groups excluding carboxylic acids is 2. The first-order valence-electron chi connectivity index (χ1n) is 9.58. The van der Waals surface area contributed by atoms with Gasteiger partial charge in [-0.3, -0.25) is 21.3 Å². The van der Waals surface area contributed by atoms with Crippen LogP contribution in [0, 0.1) is 17.8 Å². The van der Waals surface area contributed by atoms with Crippen molar-refractivity contribution in [1.29, 1.82) is 0 Å². The molecule has 6 N–H and O–H groups in total. The summed E-state index contributed by atoms with van der Waals surface area (Å²) in [7, 11) is 3.25. The van der Waals surface area contributed by atoms with Gasteiger partial charge in [0.1, 0.15) is 0 Å². The summed E-state index contributed by atoms with van der Waals surface area (Å²) < 4.78 is 4.25. The molecule has 0 aromatic heterocycles. The molecule has 1 aromatic rings. The number of hydrogen-bond donors (Lipinski definition) is 4. The van der Waals surface area contributed by atoms with E-state index in [1.807, 2.05) is 24.3 Å². The van der Waals surface area contributed by atoms with Gasteiger partial charge in [0.05, 0.1) is 6.10 Å². The fourth-order valence-corrected chi connectivity index (χ4v) is 2.41. The summed E-state index contributed by atoms with van der Waals surface area (Å²) in [6.07, 6.45) is 6.85. The standard InChI is InChI=1S/C10H19NO2.C10H9NO.C2H6O.H4N2/c1-10(2,3)6-9(13)11-5-4-8(12)7-11;1-2-9-3-5-10(6-4-9)7-11-8-12;1-3-2;1-2/h8,12H,4-7H2,1-3H3;1,3-6,8H,7H2,(H,11,12);1-2H3;1-2H2. The first-order chi connectivity index (χ1) is 14.2. The highest BCUT2D eigenvalue weighted by molar-refractivity contribution is 5.77. The molecule has 0 aliphatic carbocycles. The predicted molar refractivity (Wildman–Crippen MR) is 120 cm³/mol. The Morgan fingerprint density at radius 3 is 2.23 bits per heavy atom. The summed E-state index contributed by atoms with van der Waals surface area (Å²) in [6.45, 7) is 7.95. The van der Waals surface area contributed by atoms with E-state index in [-0.39, 0.29) is 17.4 Å². The summed E-state index contributed by atoms with van der Waals surface area (Å²) in [5.41, 5.74) is 1.94. The molecule has 30 heavy (non-hydrogen) atoms. The number of hydrazine groups is 1. The SMILES string of the molecule is C#Cc1ccc(CNC=O)cc1.CC(C)(C)CC(=O)N1CCC(O)C1.COC.NN. The second-order valence-electron chi connectivity index (χ2n) is 7.77. The van der Waals surface area contributed by atoms with Crippen LogP contribution in [0.1, 0.15) is 44.7 Å². The molecule has 8 nitrogen and oxygen atoms in total. The van der Waals surface area contributed by atoms with Crippen LogP contribution < -0.4 is 17.0 Å². The lowest BCUT2D eigenvalue weighted by Gasteiger charge is -2.22. The number of aliphatic hydroxyl groups is 1. The van der Waals surface area contributed by atoms with Crippen molar-refractivity contribution in [1.82, 2.24) is 10.2 Å². The van der Waals surface area contributed by atoms with Gasteiger partial charge >= 0.3 is 0 Å². The molecule has 0 bridgehead atoms. The Hall–Kier alpha value is -2.44. The van der Waals surface area contributed by atoms with Crippen LogP contribution in [0.2, 0.25) is 0 Å². The minimum atomic E-state index is -0.302. The van der Waals surface area contributed by atoms with Gasteiger partial charge in [0.25, 0.3) is 0 Å². The Bertz CT molecular complexity index is 622. The number of nitrogens with zero attached hydrogens (tertiary/aromatic N) is 1. The highest BCUT2D eigenvalue weighted by Crippen LogP contribution is 2.21. The Kier molecular flexibility index (Phi) is 17.3. The molecule has 170 valence electrons. The number of terminal acetylenes is 1. The van der Waals surface area contributed by atoms with Crippen molar-refractivity contribution in [3.05, 3.63) is 35.4 Å². The number of aliphatic hydroxyl groups excluding tert-OH is 1. The van der Waals surface area contributed by atoms with Crippen LogP contribution in [0.5, 0.6) is 0 Å². The number of nitrogens with two attached hydrogens (primary N) is 2. The zero-order valence-corrected chi connectivity index (χ0v) is 18.9. The number of benzene rings is 1. The van der Waals surface area contributed by atoms with E-state index in [0.717, 1.165) is 24.1 Å². The van der Waals surface area contributed by atoms with Crippen molar-refractivity contribution in [3.8, 4) is 12.3 Å². The summed E-state index contributed by atoms with van der Waals surface area (Å²) in [4.78, 5) is 23.3. The van der Waals surface area contributed by atoms with Gasteiger partial charge in [-0.15, -0.1) is 6.42 Å². The first kappa shape index (κ1) is 29.8. The van der Waals surface area contributed by atoms with Crippen LogP contribution in [-0.2, 0) is 20.9 Å². The van der Waals surface area contributed by atoms with Gasteiger partial charge in [0.15, 0.2) is 0 Å². The molecule has 2 amide bonds. The molecule has 1 aliphatic rings. The molecule has 0 spiro atoms. The van der Waals surface area contributed by atoms with E-state index in [4.69, 9.17) is 6.42 Å². The number of carbonyl (C=O) groups is 2. The monoisotopic (exact) mass is 422 g/mol. The Balaban J connectivity index is 0. The lowest BCUT2D eigenvalue weighted by molar-refractivity contribution is -0.132. The van der Waals surface area contributed by atoms with Crippen LogP contribution in [-0.4, -0.2) is 55.7 Å². The number of rotatable bonds is 4. The van der Waals surface area contributed by atoms with Crippen LogP contribution >= 0.6 is 0 Å². The summed E-state index contributed by atoms with van der Waals surface area (Å²) >= 11 is 0. The molecule has 1 aliphatic heterocycles.